The largest absolute Gasteiger partial charge is 0.366 e. The minimum absolute atomic E-state index is 0.417. The van der Waals surface area contributed by atoms with Gasteiger partial charge in [0.2, 0.25) is 5.91 Å². The van der Waals surface area contributed by atoms with Gasteiger partial charge in [-0.25, -0.2) is 0 Å². The van der Waals surface area contributed by atoms with E-state index in [1.54, 1.807) is 12.1 Å². The Kier molecular flexibility index (Phi) is 3.44. The van der Waals surface area contributed by atoms with Crippen molar-refractivity contribution in [1.82, 2.24) is 4.98 Å². The number of aromatic nitrogens is 1. The van der Waals surface area contributed by atoms with Gasteiger partial charge in [0.05, 0.1) is 11.3 Å². The average molecular weight is 244 g/mol. The van der Waals surface area contributed by atoms with Crippen molar-refractivity contribution >= 4 is 18.5 Å². The number of rotatable bonds is 3. The van der Waals surface area contributed by atoms with Crippen molar-refractivity contribution in [3.63, 3.8) is 0 Å². The quantitative estimate of drug-likeness (QED) is 0.814. The molecule has 0 unspecified atom stereocenters. The van der Waals surface area contributed by atoms with Gasteiger partial charge in [-0.3, -0.25) is 9.78 Å². The normalized spacial score (nSPS) is 10.2. The van der Waals surface area contributed by atoms with Crippen LogP contribution in [0.2, 0.25) is 0 Å². The number of nitrogens with two attached hydrogens (primary N) is 1. The first kappa shape index (κ1) is 11.7. The Morgan fingerprint density at radius 1 is 1.18 bits per heavy atom. The summed E-state index contributed by atoms with van der Waals surface area (Å²) in [5.74, 6) is 0.253. The number of benzene rings is 1. The third-order valence-corrected chi connectivity index (χ3v) is 2.85. The molecule has 86 valence electrons. The van der Waals surface area contributed by atoms with Crippen molar-refractivity contribution in [2.75, 3.05) is 0 Å². The van der Waals surface area contributed by atoms with Gasteiger partial charge >= 0.3 is 0 Å². The molecule has 0 fully saturated rings. The van der Waals surface area contributed by atoms with Gasteiger partial charge in [-0.05, 0) is 17.7 Å². The summed E-state index contributed by atoms with van der Waals surface area (Å²) in [4.78, 5) is 15.1. The Balaban J connectivity index is 2.29. The average Bonchev–Trinajstić information content (AvgIpc) is 2.39. The molecule has 0 spiro atoms. The molecule has 0 aliphatic carbocycles. The van der Waals surface area contributed by atoms with Gasteiger partial charge in [0, 0.05) is 17.5 Å². The van der Waals surface area contributed by atoms with E-state index in [1.807, 2.05) is 24.3 Å². The lowest BCUT2D eigenvalue weighted by Crippen LogP contribution is -2.10. The maximum atomic E-state index is 10.9. The van der Waals surface area contributed by atoms with Crippen molar-refractivity contribution in [3.05, 3.63) is 53.7 Å². The summed E-state index contributed by atoms with van der Waals surface area (Å²) < 4.78 is 0. The predicted octanol–water partition coefficient (Wildman–Crippen LogP) is 2.28. The van der Waals surface area contributed by atoms with Crippen LogP contribution in [0.15, 0.2) is 42.6 Å². The highest BCUT2D eigenvalue weighted by molar-refractivity contribution is 7.79. The summed E-state index contributed by atoms with van der Waals surface area (Å²) in [5.41, 5.74) is 8.55. The predicted molar refractivity (Wildman–Crippen MR) is 70.9 cm³/mol. The summed E-state index contributed by atoms with van der Waals surface area (Å²) in [6.45, 7) is 0. The first-order chi connectivity index (χ1) is 8.20. The van der Waals surface area contributed by atoms with Crippen molar-refractivity contribution < 1.29 is 4.79 Å². The highest BCUT2D eigenvalue weighted by Gasteiger charge is 2.02. The standard InChI is InChI=1S/C13H12N2OS/c14-13(16)11-5-6-12(15-7-11)10-3-1-9(8-17)2-4-10/h1-7,17H,8H2,(H2,14,16). The number of primary amides is 1. The first-order valence-electron chi connectivity index (χ1n) is 5.17. The molecule has 1 aromatic carbocycles. The van der Waals surface area contributed by atoms with Gasteiger partial charge in [0.15, 0.2) is 0 Å². The number of pyridine rings is 1. The van der Waals surface area contributed by atoms with Gasteiger partial charge in [-0.15, -0.1) is 0 Å². The fraction of sp³-hybridized carbons (Fsp3) is 0.0769. The third-order valence-electron chi connectivity index (χ3n) is 2.48. The number of carbonyl (C=O) groups excluding carboxylic acids is 1. The summed E-state index contributed by atoms with van der Waals surface area (Å²) in [5, 5.41) is 0. The molecule has 0 saturated carbocycles. The molecule has 1 aromatic heterocycles. The number of carbonyl (C=O) groups is 1. The smallest absolute Gasteiger partial charge is 0.250 e. The number of amides is 1. The van der Waals surface area contributed by atoms with Gasteiger partial charge < -0.3 is 5.73 Å². The molecule has 3 nitrogen and oxygen atoms in total. The van der Waals surface area contributed by atoms with Crippen LogP contribution in [0.4, 0.5) is 0 Å². The first-order valence-corrected chi connectivity index (χ1v) is 5.80. The van der Waals surface area contributed by atoms with Crippen molar-refractivity contribution in [2.45, 2.75) is 5.75 Å². The maximum Gasteiger partial charge on any atom is 0.250 e. The second-order valence-electron chi connectivity index (χ2n) is 3.65. The van der Waals surface area contributed by atoms with Crippen LogP contribution in [0, 0.1) is 0 Å². The molecular formula is C13H12N2OS. The minimum Gasteiger partial charge on any atom is -0.366 e. The van der Waals surface area contributed by atoms with Crippen molar-refractivity contribution in [3.8, 4) is 11.3 Å². The summed E-state index contributed by atoms with van der Waals surface area (Å²) in [6.07, 6.45) is 1.49. The fourth-order valence-corrected chi connectivity index (χ4v) is 1.70. The molecule has 0 bridgehead atoms. The van der Waals surface area contributed by atoms with Gasteiger partial charge in [0.25, 0.3) is 0 Å². The van der Waals surface area contributed by atoms with Crippen LogP contribution in [-0.2, 0) is 5.75 Å². The maximum absolute atomic E-state index is 10.9. The summed E-state index contributed by atoms with van der Waals surface area (Å²) in [7, 11) is 0. The lowest BCUT2D eigenvalue weighted by atomic mass is 10.1. The van der Waals surface area contributed by atoms with E-state index in [1.165, 1.54) is 6.20 Å². The topological polar surface area (TPSA) is 56.0 Å². The van der Waals surface area contributed by atoms with Crippen LogP contribution >= 0.6 is 12.6 Å². The van der Waals surface area contributed by atoms with E-state index >= 15 is 0 Å². The van der Waals surface area contributed by atoms with E-state index < -0.39 is 5.91 Å². The van der Waals surface area contributed by atoms with Gasteiger partial charge in [-0.2, -0.15) is 12.6 Å². The number of hydrogen-bond acceptors (Lipinski definition) is 3. The Morgan fingerprint density at radius 3 is 2.35 bits per heavy atom. The van der Waals surface area contributed by atoms with E-state index in [0.717, 1.165) is 16.8 Å². The molecule has 2 N–H and O–H groups in total. The molecule has 0 saturated heterocycles. The van der Waals surface area contributed by atoms with Crippen LogP contribution in [0.1, 0.15) is 15.9 Å². The highest BCUT2D eigenvalue weighted by atomic mass is 32.1. The van der Waals surface area contributed by atoms with Crippen LogP contribution < -0.4 is 5.73 Å². The fourth-order valence-electron chi connectivity index (χ4n) is 1.49. The molecule has 1 heterocycles. The third kappa shape index (κ3) is 2.65. The van der Waals surface area contributed by atoms with Crippen LogP contribution in [0.3, 0.4) is 0 Å². The Bertz CT molecular complexity index is 520. The van der Waals surface area contributed by atoms with E-state index in [0.29, 0.717) is 11.3 Å². The van der Waals surface area contributed by atoms with Crippen molar-refractivity contribution in [1.29, 1.82) is 0 Å². The molecule has 17 heavy (non-hydrogen) atoms. The molecule has 0 atom stereocenters. The van der Waals surface area contributed by atoms with Gasteiger partial charge in [-0.1, -0.05) is 24.3 Å². The Labute approximate surface area is 105 Å². The lowest BCUT2D eigenvalue weighted by molar-refractivity contribution is 0.1000. The number of nitrogens with zero attached hydrogens (tertiary/aromatic N) is 1. The summed E-state index contributed by atoms with van der Waals surface area (Å²) >= 11 is 4.20. The zero-order valence-corrected chi connectivity index (χ0v) is 10.0. The SMILES string of the molecule is NC(=O)c1ccc(-c2ccc(CS)cc2)nc1. The van der Waals surface area contributed by atoms with Gasteiger partial charge in [0.1, 0.15) is 0 Å². The minimum atomic E-state index is -0.463. The van der Waals surface area contributed by atoms with E-state index in [2.05, 4.69) is 17.6 Å². The second-order valence-corrected chi connectivity index (χ2v) is 3.97. The van der Waals surface area contributed by atoms with Crippen LogP contribution in [0.5, 0.6) is 0 Å². The monoisotopic (exact) mass is 244 g/mol. The lowest BCUT2D eigenvalue weighted by Gasteiger charge is -2.02. The van der Waals surface area contributed by atoms with E-state index in [-0.39, 0.29) is 0 Å². The molecular weight excluding hydrogens is 232 g/mol. The number of hydrogen-bond donors (Lipinski definition) is 2. The molecule has 1 amide bonds. The molecule has 0 radical (unpaired) electrons. The van der Waals surface area contributed by atoms with E-state index in [9.17, 15) is 4.79 Å². The number of thiol groups is 1. The zero-order chi connectivity index (χ0) is 12.3. The molecule has 0 aliphatic rings. The molecule has 2 rings (SSSR count). The van der Waals surface area contributed by atoms with E-state index in [4.69, 9.17) is 5.73 Å². The summed E-state index contributed by atoms with van der Waals surface area (Å²) in [6, 6.07) is 11.4. The van der Waals surface area contributed by atoms with Crippen molar-refractivity contribution in [2.24, 2.45) is 5.73 Å². The Hall–Kier alpha value is -1.81. The highest BCUT2D eigenvalue weighted by Crippen LogP contribution is 2.18. The molecule has 4 heteroatoms. The second kappa shape index (κ2) is 5.01. The molecule has 2 aromatic rings. The zero-order valence-electron chi connectivity index (χ0n) is 9.13. The van der Waals surface area contributed by atoms with Crippen LogP contribution in [0.25, 0.3) is 11.3 Å². The Morgan fingerprint density at radius 2 is 1.88 bits per heavy atom. The molecule has 0 aliphatic heterocycles. The van der Waals surface area contributed by atoms with Crippen LogP contribution in [-0.4, -0.2) is 10.9 Å².